The fourth-order valence-electron chi connectivity index (χ4n) is 4.55. The van der Waals surface area contributed by atoms with Gasteiger partial charge in [-0.05, 0) is 56.7 Å². The van der Waals surface area contributed by atoms with E-state index in [9.17, 15) is 4.79 Å². The molecule has 0 spiro atoms. The number of hydrogen-bond acceptors (Lipinski definition) is 4. The van der Waals surface area contributed by atoms with Gasteiger partial charge in [0.25, 0.3) is 5.91 Å². The highest BCUT2D eigenvalue weighted by Gasteiger charge is 2.28. The number of carbonyl (C=O) groups excluding carboxylic acids is 1. The van der Waals surface area contributed by atoms with E-state index < -0.39 is 0 Å². The molecule has 0 N–H and O–H groups in total. The topological polar surface area (TPSA) is 46.9 Å². The normalized spacial score (nSPS) is 14.2. The molecule has 1 aliphatic heterocycles. The number of rotatable bonds is 6. The number of fused-ring (bicyclic) bond motifs is 1. The molecule has 1 aromatic heterocycles. The summed E-state index contributed by atoms with van der Waals surface area (Å²) in [6.07, 6.45) is 0. The van der Waals surface area contributed by atoms with Crippen LogP contribution in [0.1, 0.15) is 29.9 Å². The highest BCUT2D eigenvalue weighted by atomic mass is 16.5. The van der Waals surface area contributed by atoms with Gasteiger partial charge in [-0.3, -0.25) is 4.79 Å². The number of ether oxygens (including phenoxy) is 2. The van der Waals surface area contributed by atoms with Crippen molar-refractivity contribution in [2.45, 2.75) is 27.3 Å². The zero-order chi connectivity index (χ0) is 22.0. The van der Waals surface area contributed by atoms with Crippen LogP contribution in [0.4, 0.5) is 5.69 Å². The van der Waals surface area contributed by atoms with Crippen molar-refractivity contribution in [1.29, 1.82) is 0 Å². The first kappa shape index (κ1) is 21.1. The van der Waals surface area contributed by atoms with Crippen LogP contribution in [-0.2, 0) is 6.54 Å². The first-order valence-electron chi connectivity index (χ1n) is 11.0. The third kappa shape index (κ3) is 3.82. The van der Waals surface area contributed by atoms with Gasteiger partial charge < -0.3 is 23.8 Å². The van der Waals surface area contributed by atoms with Gasteiger partial charge in [0.05, 0.1) is 19.4 Å². The Labute approximate surface area is 184 Å². The van der Waals surface area contributed by atoms with Gasteiger partial charge in [0.1, 0.15) is 17.2 Å². The molecule has 3 aromatic rings. The average Bonchev–Trinajstić information content (AvgIpc) is 3.10. The standard InChI is InChI=1S/C25H31N3O3/c1-5-28-21-12-11-19(31-6-2)17-20(21)18(3)24(28)25(29)27-15-13-26(14-16-27)22-9-7-8-10-23(22)30-4/h7-12,17H,5-6,13-16H2,1-4H3. The number of aromatic nitrogens is 1. The Hall–Kier alpha value is -3.15. The maximum Gasteiger partial charge on any atom is 0.270 e. The molecule has 0 bridgehead atoms. The number of para-hydroxylation sites is 2. The number of hydrogen-bond donors (Lipinski definition) is 0. The summed E-state index contributed by atoms with van der Waals surface area (Å²) in [6, 6.07) is 14.2. The van der Waals surface area contributed by atoms with Crippen molar-refractivity contribution in [3.8, 4) is 11.5 Å². The zero-order valence-corrected chi connectivity index (χ0v) is 18.9. The lowest BCUT2D eigenvalue weighted by Crippen LogP contribution is -2.49. The summed E-state index contributed by atoms with van der Waals surface area (Å²) in [5.74, 6) is 1.82. The molecular weight excluding hydrogens is 390 g/mol. The number of amides is 1. The van der Waals surface area contributed by atoms with E-state index in [-0.39, 0.29) is 5.91 Å². The van der Waals surface area contributed by atoms with Gasteiger partial charge in [-0.15, -0.1) is 0 Å². The minimum atomic E-state index is 0.105. The molecule has 0 radical (unpaired) electrons. The fraction of sp³-hybridized carbons (Fsp3) is 0.400. The minimum Gasteiger partial charge on any atom is -0.495 e. The van der Waals surface area contributed by atoms with Crippen LogP contribution in [0, 0.1) is 6.92 Å². The van der Waals surface area contributed by atoms with Crippen LogP contribution in [0.15, 0.2) is 42.5 Å². The number of anilines is 1. The van der Waals surface area contributed by atoms with Gasteiger partial charge in [-0.2, -0.15) is 0 Å². The summed E-state index contributed by atoms with van der Waals surface area (Å²) >= 11 is 0. The largest absolute Gasteiger partial charge is 0.495 e. The van der Waals surface area contributed by atoms with Crippen LogP contribution >= 0.6 is 0 Å². The molecule has 6 heteroatoms. The average molecular weight is 422 g/mol. The first-order valence-corrected chi connectivity index (χ1v) is 11.0. The predicted octanol–water partition coefficient (Wildman–Crippen LogP) is 4.34. The molecule has 0 atom stereocenters. The van der Waals surface area contributed by atoms with Crippen molar-refractivity contribution in [2.75, 3.05) is 44.8 Å². The van der Waals surface area contributed by atoms with E-state index in [1.54, 1.807) is 7.11 Å². The molecule has 1 amide bonds. The third-order valence-electron chi connectivity index (χ3n) is 6.11. The van der Waals surface area contributed by atoms with Crippen molar-refractivity contribution in [3.63, 3.8) is 0 Å². The molecular formula is C25H31N3O3. The number of carbonyl (C=O) groups is 1. The summed E-state index contributed by atoms with van der Waals surface area (Å²) in [7, 11) is 1.70. The predicted molar refractivity (Wildman–Crippen MR) is 125 cm³/mol. The van der Waals surface area contributed by atoms with Gasteiger partial charge in [0.2, 0.25) is 0 Å². The van der Waals surface area contributed by atoms with Crippen LogP contribution < -0.4 is 14.4 Å². The van der Waals surface area contributed by atoms with Crippen LogP contribution in [0.25, 0.3) is 10.9 Å². The summed E-state index contributed by atoms with van der Waals surface area (Å²) in [5.41, 5.74) is 3.98. The van der Waals surface area contributed by atoms with Crippen molar-refractivity contribution >= 4 is 22.5 Å². The number of nitrogens with zero attached hydrogens (tertiary/aromatic N) is 3. The first-order chi connectivity index (χ1) is 15.1. The van der Waals surface area contributed by atoms with E-state index in [4.69, 9.17) is 9.47 Å². The van der Waals surface area contributed by atoms with Crippen LogP contribution in [0.2, 0.25) is 0 Å². The van der Waals surface area contributed by atoms with Crippen molar-refractivity contribution in [2.24, 2.45) is 0 Å². The smallest absolute Gasteiger partial charge is 0.270 e. The molecule has 1 fully saturated rings. The second-order valence-electron chi connectivity index (χ2n) is 7.78. The van der Waals surface area contributed by atoms with E-state index in [1.807, 2.05) is 43.0 Å². The Kier molecular flexibility index (Phi) is 6.07. The highest BCUT2D eigenvalue weighted by Crippen LogP contribution is 2.31. The monoisotopic (exact) mass is 421 g/mol. The quantitative estimate of drug-likeness (QED) is 0.594. The lowest BCUT2D eigenvalue weighted by molar-refractivity contribution is 0.0735. The summed E-state index contributed by atoms with van der Waals surface area (Å²) < 4.78 is 13.3. The Bertz CT molecular complexity index is 1080. The molecule has 4 rings (SSSR count). The summed E-state index contributed by atoms with van der Waals surface area (Å²) in [5, 5.41) is 1.09. The lowest BCUT2D eigenvalue weighted by Gasteiger charge is -2.36. The van der Waals surface area contributed by atoms with Gasteiger partial charge in [0.15, 0.2) is 0 Å². The molecule has 6 nitrogen and oxygen atoms in total. The lowest BCUT2D eigenvalue weighted by atomic mass is 10.1. The number of benzene rings is 2. The van der Waals surface area contributed by atoms with E-state index in [2.05, 4.69) is 34.6 Å². The Morgan fingerprint density at radius 3 is 2.45 bits per heavy atom. The number of piperazine rings is 1. The zero-order valence-electron chi connectivity index (χ0n) is 18.9. The Morgan fingerprint density at radius 2 is 1.77 bits per heavy atom. The van der Waals surface area contributed by atoms with E-state index in [0.29, 0.717) is 19.7 Å². The Balaban J connectivity index is 1.58. The molecule has 0 unspecified atom stereocenters. The highest BCUT2D eigenvalue weighted by molar-refractivity contribution is 6.02. The van der Waals surface area contributed by atoms with E-state index >= 15 is 0 Å². The SMILES string of the molecule is CCOc1ccc2c(c1)c(C)c(C(=O)N1CCN(c3ccccc3OC)CC1)n2CC. The van der Waals surface area contributed by atoms with E-state index in [1.165, 1.54) is 0 Å². The molecule has 1 saturated heterocycles. The van der Waals surface area contributed by atoms with Crippen LogP contribution in [0.3, 0.4) is 0 Å². The van der Waals surface area contributed by atoms with Crippen molar-refractivity contribution in [1.82, 2.24) is 9.47 Å². The Morgan fingerprint density at radius 1 is 1.03 bits per heavy atom. The van der Waals surface area contributed by atoms with Crippen molar-refractivity contribution < 1.29 is 14.3 Å². The third-order valence-corrected chi connectivity index (χ3v) is 6.11. The number of aryl methyl sites for hydroxylation is 2. The molecule has 0 aliphatic carbocycles. The molecule has 31 heavy (non-hydrogen) atoms. The van der Waals surface area contributed by atoms with Gasteiger partial charge in [-0.1, -0.05) is 12.1 Å². The van der Waals surface area contributed by atoms with Gasteiger partial charge >= 0.3 is 0 Å². The molecule has 164 valence electrons. The second kappa shape index (κ2) is 8.92. The number of methoxy groups -OCH3 is 1. The fourth-order valence-corrected chi connectivity index (χ4v) is 4.55. The minimum absolute atomic E-state index is 0.105. The second-order valence-corrected chi connectivity index (χ2v) is 7.78. The summed E-state index contributed by atoms with van der Waals surface area (Å²) in [6.45, 7) is 10.4. The molecule has 2 heterocycles. The molecule has 0 saturated carbocycles. The van der Waals surface area contributed by atoms with Crippen molar-refractivity contribution in [3.05, 3.63) is 53.7 Å². The molecule has 2 aromatic carbocycles. The van der Waals surface area contributed by atoms with E-state index in [0.717, 1.165) is 59.0 Å². The maximum absolute atomic E-state index is 13.6. The van der Waals surface area contributed by atoms with Crippen LogP contribution in [0.5, 0.6) is 11.5 Å². The summed E-state index contributed by atoms with van der Waals surface area (Å²) in [4.78, 5) is 17.8. The maximum atomic E-state index is 13.6. The van der Waals surface area contributed by atoms with Gasteiger partial charge in [0, 0.05) is 43.6 Å². The van der Waals surface area contributed by atoms with Gasteiger partial charge in [-0.25, -0.2) is 0 Å². The van der Waals surface area contributed by atoms with Crippen LogP contribution in [-0.4, -0.2) is 55.3 Å². The molecule has 1 aliphatic rings.